The van der Waals surface area contributed by atoms with Crippen molar-refractivity contribution in [1.82, 2.24) is 20.3 Å². The molecule has 1 aliphatic carbocycles. The number of hydrogen-bond donors (Lipinski definition) is 1. The molecule has 1 unspecified atom stereocenters. The van der Waals surface area contributed by atoms with Gasteiger partial charge in [-0.05, 0) is 19.3 Å². The summed E-state index contributed by atoms with van der Waals surface area (Å²) in [6.07, 6.45) is 6.78. The maximum absolute atomic E-state index is 5.60. The first-order chi connectivity index (χ1) is 8.26. The molecule has 0 bridgehead atoms. The van der Waals surface area contributed by atoms with E-state index in [-0.39, 0.29) is 5.41 Å². The molecule has 2 aliphatic rings. The monoisotopic (exact) mass is 236 g/mol. The number of aromatic nitrogens is 3. The second kappa shape index (κ2) is 4.38. The van der Waals surface area contributed by atoms with Crippen molar-refractivity contribution in [3.8, 4) is 0 Å². The van der Waals surface area contributed by atoms with E-state index in [2.05, 4.69) is 15.6 Å². The molecule has 1 saturated carbocycles. The predicted molar refractivity (Wildman–Crippen MR) is 63.6 cm³/mol. The fraction of sp³-hybridized carbons (Fsp3) is 0.833. The fourth-order valence-corrected chi connectivity index (χ4v) is 2.50. The fourth-order valence-electron chi connectivity index (χ4n) is 2.50. The van der Waals surface area contributed by atoms with Crippen molar-refractivity contribution in [2.75, 3.05) is 19.8 Å². The largest absolute Gasteiger partial charge is 0.381 e. The van der Waals surface area contributed by atoms with Gasteiger partial charge in [-0.25, -0.2) is 0 Å². The quantitative estimate of drug-likeness (QED) is 0.809. The Morgan fingerprint density at radius 1 is 1.59 bits per heavy atom. The molecule has 1 aromatic rings. The molecule has 2 heterocycles. The summed E-state index contributed by atoms with van der Waals surface area (Å²) in [5.74, 6) is 0. The minimum absolute atomic E-state index is 0.235. The Bertz CT molecular complexity index is 380. The normalized spacial score (nSPS) is 28.8. The van der Waals surface area contributed by atoms with Crippen molar-refractivity contribution < 1.29 is 4.74 Å². The van der Waals surface area contributed by atoms with Crippen LogP contribution in [0.4, 0.5) is 0 Å². The Morgan fingerprint density at radius 2 is 2.47 bits per heavy atom. The van der Waals surface area contributed by atoms with E-state index in [1.54, 1.807) is 4.68 Å². The molecular formula is C12H20N4O. The Balaban J connectivity index is 1.65. The molecule has 1 aromatic heterocycles. The third kappa shape index (κ3) is 2.66. The Labute approximate surface area is 102 Å². The van der Waals surface area contributed by atoms with Gasteiger partial charge in [-0.15, -0.1) is 5.10 Å². The van der Waals surface area contributed by atoms with Crippen LogP contribution in [0.15, 0.2) is 6.20 Å². The standard InChI is InChI=1S/C12H20N4O/c1-16-7-11(14-15-16)6-12(4-5-17-9-12)8-13-10-2-3-10/h7,10,13H,2-6,8-9H2,1H3. The first-order valence-electron chi connectivity index (χ1n) is 6.42. The van der Waals surface area contributed by atoms with Crippen LogP contribution < -0.4 is 5.32 Å². The Kier molecular flexibility index (Phi) is 2.88. The topological polar surface area (TPSA) is 52.0 Å². The number of nitrogens with one attached hydrogen (secondary N) is 1. The van der Waals surface area contributed by atoms with Crippen LogP contribution in [0.3, 0.4) is 0 Å². The zero-order valence-electron chi connectivity index (χ0n) is 10.4. The SMILES string of the molecule is Cn1cc(CC2(CNC3CC3)CCOC2)nn1. The molecule has 0 spiro atoms. The molecular weight excluding hydrogens is 216 g/mol. The van der Waals surface area contributed by atoms with Crippen LogP contribution in [0.2, 0.25) is 0 Å². The average molecular weight is 236 g/mol. The summed E-state index contributed by atoms with van der Waals surface area (Å²) in [6, 6.07) is 0.759. The first-order valence-corrected chi connectivity index (χ1v) is 6.42. The van der Waals surface area contributed by atoms with E-state index < -0.39 is 0 Å². The van der Waals surface area contributed by atoms with Gasteiger partial charge in [0.1, 0.15) is 0 Å². The molecule has 1 atom stereocenters. The van der Waals surface area contributed by atoms with Gasteiger partial charge in [0.15, 0.2) is 0 Å². The van der Waals surface area contributed by atoms with Crippen molar-refractivity contribution in [1.29, 1.82) is 0 Å². The lowest BCUT2D eigenvalue weighted by Gasteiger charge is -2.26. The molecule has 1 aliphatic heterocycles. The van der Waals surface area contributed by atoms with Crippen molar-refractivity contribution in [2.24, 2.45) is 12.5 Å². The average Bonchev–Trinajstić information content (AvgIpc) is 2.90. The van der Waals surface area contributed by atoms with Crippen LogP contribution in [0.5, 0.6) is 0 Å². The third-order valence-corrected chi connectivity index (χ3v) is 3.73. The van der Waals surface area contributed by atoms with E-state index in [1.807, 2.05) is 13.2 Å². The summed E-state index contributed by atoms with van der Waals surface area (Å²) in [7, 11) is 1.91. The van der Waals surface area contributed by atoms with E-state index in [4.69, 9.17) is 4.74 Å². The van der Waals surface area contributed by atoms with Gasteiger partial charge in [0.05, 0.1) is 12.3 Å². The van der Waals surface area contributed by atoms with Crippen molar-refractivity contribution in [2.45, 2.75) is 31.7 Å². The summed E-state index contributed by atoms with van der Waals surface area (Å²) >= 11 is 0. The van der Waals surface area contributed by atoms with Crippen molar-refractivity contribution in [3.05, 3.63) is 11.9 Å². The van der Waals surface area contributed by atoms with Crippen molar-refractivity contribution >= 4 is 0 Å². The van der Waals surface area contributed by atoms with Crippen LogP contribution in [0, 0.1) is 5.41 Å². The summed E-state index contributed by atoms with van der Waals surface area (Å²) in [5, 5.41) is 11.8. The maximum Gasteiger partial charge on any atom is 0.0833 e. The van der Waals surface area contributed by atoms with E-state index in [0.717, 1.165) is 44.3 Å². The zero-order chi connectivity index (χ0) is 11.7. The summed E-state index contributed by atoms with van der Waals surface area (Å²) in [6.45, 7) is 2.78. The Hall–Kier alpha value is -0.940. The van der Waals surface area contributed by atoms with E-state index in [1.165, 1.54) is 12.8 Å². The second-order valence-electron chi connectivity index (χ2n) is 5.52. The molecule has 0 amide bonds. The first kappa shape index (κ1) is 11.2. The minimum atomic E-state index is 0.235. The molecule has 0 radical (unpaired) electrons. The van der Waals surface area contributed by atoms with Gasteiger partial charge < -0.3 is 10.1 Å². The van der Waals surface area contributed by atoms with Gasteiger partial charge in [-0.3, -0.25) is 4.68 Å². The lowest BCUT2D eigenvalue weighted by atomic mass is 9.82. The lowest BCUT2D eigenvalue weighted by molar-refractivity contribution is 0.148. The molecule has 0 aromatic carbocycles. The van der Waals surface area contributed by atoms with Gasteiger partial charge >= 0.3 is 0 Å². The molecule has 17 heavy (non-hydrogen) atoms. The number of rotatable bonds is 5. The number of ether oxygens (including phenoxy) is 1. The van der Waals surface area contributed by atoms with Crippen LogP contribution in [0.25, 0.3) is 0 Å². The molecule has 5 nitrogen and oxygen atoms in total. The van der Waals surface area contributed by atoms with Gasteiger partial charge in [-0.1, -0.05) is 5.21 Å². The molecule has 94 valence electrons. The third-order valence-electron chi connectivity index (χ3n) is 3.73. The van der Waals surface area contributed by atoms with Crippen molar-refractivity contribution in [3.63, 3.8) is 0 Å². The highest BCUT2D eigenvalue weighted by atomic mass is 16.5. The number of nitrogens with zero attached hydrogens (tertiary/aromatic N) is 3. The van der Waals surface area contributed by atoms with E-state index in [0.29, 0.717) is 0 Å². The van der Waals surface area contributed by atoms with Gasteiger partial charge in [0, 0.05) is 44.3 Å². The van der Waals surface area contributed by atoms with Crippen LogP contribution >= 0.6 is 0 Å². The maximum atomic E-state index is 5.60. The molecule has 2 fully saturated rings. The highest BCUT2D eigenvalue weighted by Crippen LogP contribution is 2.32. The number of aryl methyl sites for hydroxylation is 1. The molecule has 5 heteroatoms. The van der Waals surface area contributed by atoms with Crippen LogP contribution in [-0.2, 0) is 18.2 Å². The second-order valence-corrected chi connectivity index (χ2v) is 5.52. The molecule has 1 saturated heterocycles. The lowest BCUT2D eigenvalue weighted by Crippen LogP contribution is -2.37. The van der Waals surface area contributed by atoms with Crippen LogP contribution in [0.1, 0.15) is 25.0 Å². The molecule has 1 N–H and O–H groups in total. The highest BCUT2D eigenvalue weighted by Gasteiger charge is 2.37. The van der Waals surface area contributed by atoms with Gasteiger partial charge in [-0.2, -0.15) is 0 Å². The smallest absolute Gasteiger partial charge is 0.0833 e. The Morgan fingerprint density at radius 3 is 3.06 bits per heavy atom. The summed E-state index contributed by atoms with van der Waals surface area (Å²) in [4.78, 5) is 0. The van der Waals surface area contributed by atoms with Crippen LogP contribution in [-0.4, -0.2) is 40.8 Å². The van der Waals surface area contributed by atoms with E-state index >= 15 is 0 Å². The minimum Gasteiger partial charge on any atom is -0.381 e. The zero-order valence-corrected chi connectivity index (χ0v) is 10.4. The van der Waals surface area contributed by atoms with E-state index in [9.17, 15) is 0 Å². The summed E-state index contributed by atoms with van der Waals surface area (Å²) in [5.41, 5.74) is 1.31. The number of hydrogen-bond acceptors (Lipinski definition) is 4. The van der Waals surface area contributed by atoms with Gasteiger partial charge in [0.2, 0.25) is 0 Å². The predicted octanol–water partition coefficient (Wildman–Crippen LogP) is 0.516. The van der Waals surface area contributed by atoms with Gasteiger partial charge in [0.25, 0.3) is 0 Å². The summed E-state index contributed by atoms with van der Waals surface area (Å²) < 4.78 is 7.37. The molecule has 3 rings (SSSR count). The highest BCUT2D eigenvalue weighted by molar-refractivity contribution is 5.02.